The molecule has 2 rings (SSSR count). The number of nitrogens with one attached hydrogen (secondary N) is 1. The van der Waals surface area contributed by atoms with Gasteiger partial charge in [-0.15, -0.1) is 16.4 Å². The number of carbonyl (C=O) groups excluding carboxylic acids is 2. The first-order valence-corrected chi connectivity index (χ1v) is 8.94. The maximum absolute atomic E-state index is 11.7. The zero-order valence-electron chi connectivity index (χ0n) is 14.2. The van der Waals surface area contributed by atoms with Gasteiger partial charge in [0, 0.05) is 6.04 Å². The second-order valence-electron chi connectivity index (χ2n) is 5.54. The average Bonchev–Trinajstić information content (AvgIpc) is 3.20. The van der Waals surface area contributed by atoms with Crippen LogP contribution in [0.2, 0.25) is 0 Å². The Morgan fingerprint density at radius 3 is 2.96 bits per heavy atom. The summed E-state index contributed by atoms with van der Waals surface area (Å²) in [5, 5.41) is 8.63. The lowest BCUT2D eigenvalue weighted by Gasteiger charge is -2.12. The molecule has 0 fully saturated rings. The minimum Gasteiger partial charge on any atom is -0.456 e. The van der Waals surface area contributed by atoms with E-state index in [1.54, 1.807) is 6.07 Å². The molecular weight excluding hydrogens is 346 g/mol. The fourth-order valence-corrected chi connectivity index (χ4v) is 2.83. The number of aryl methyl sites for hydroxylation is 1. The number of rotatable bonds is 9. The standard InChI is InChI=1S/C16H21N3O5S/c1-3-5-11(2)17-13(20)10-23-14(21)7-8-19-16(22)24-15(18-19)12-6-4-9-25-12/h4,6,9,11H,3,5,7-8,10H2,1-2H3,(H,17,20). The zero-order valence-corrected chi connectivity index (χ0v) is 15.0. The van der Waals surface area contributed by atoms with Crippen molar-refractivity contribution in [1.82, 2.24) is 15.1 Å². The highest BCUT2D eigenvalue weighted by Crippen LogP contribution is 2.20. The zero-order chi connectivity index (χ0) is 18.2. The minimum absolute atomic E-state index is 0.0282. The maximum Gasteiger partial charge on any atom is 0.437 e. The highest BCUT2D eigenvalue weighted by molar-refractivity contribution is 7.13. The molecule has 0 aliphatic carbocycles. The summed E-state index contributed by atoms with van der Waals surface area (Å²) >= 11 is 1.40. The first-order valence-electron chi connectivity index (χ1n) is 8.06. The monoisotopic (exact) mass is 367 g/mol. The number of amides is 1. The molecule has 0 radical (unpaired) electrons. The third kappa shape index (κ3) is 5.86. The van der Waals surface area contributed by atoms with Gasteiger partial charge in [-0.2, -0.15) is 4.68 Å². The molecule has 1 atom stereocenters. The Morgan fingerprint density at radius 1 is 1.48 bits per heavy atom. The van der Waals surface area contributed by atoms with Gasteiger partial charge in [-0.05, 0) is 24.8 Å². The van der Waals surface area contributed by atoms with Gasteiger partial charge in [0.1, 0.15) is 0 Å². The Kier molecular flexibility index (Phi) is 6.93. The SMILES string of the molecule is CCCC(C)NC(=O)COC(=O)CCn1nc(-c2cccs2)oc1=O. The molecule has 9 heteroatoms. The van der Waals surface area contributed by atoms with Crippen LogP contribution in [0.4, 0.5) is 0 Å². The summed E-state index contributed by atoms with van der Waals surface area (Å²) in [6, 6.07) is 3.65. The Balaban J connectivity index is 1.77. The lowest BCUT2D eigenvalue weighted by Crippen LogP contribution is -2.35. The third-order valence-electron chi connectivity index (χ3n) is 3.36. The highest BCUT2D eigenvalue weighted by Gasteiger charge is 2.14. The summed E-state index contributed by atoms with van der Waals surface area (Å²) in [4.78, 5) is 35.8. The molecule has 25 heavy (non-hydrogen) atoms. The number of hydrogen-bond acceptors (Lipinski definition) is 7. The topological polar surface area (TPSA) is 103 Å². The van der Waals surface area contributed by atoms with Gasteiger partial charge in [-0.25, -0.2) is 4.79 Å². The van der Waals surface area contributed by atoms with E-state index in [-0.39, 0.29) is 37.4 Å². The predicted molar refractivity (Wildman–Crippen MR) is 92.2 cm³/mol. The van der Waals surface area contributed by atoms with Gasteiger partial charge in [-0.3, -0.25) is 9.59 Å². The van der Waals surface area contributed by atoms with Crippen molar-refractivity contribution >= 4 is 23.2 Å². The van der Waals surface area contributed by atoms with E-state index in [0.29, 0.717) is 0 Å². The van der Waals surface area contributed by atoms with Crippen molar-refractivity contribution in [1.29, 1.82) is 0 Å². The molecular formula is C16H21N3O5S. The fourth-order valence-electron chi connectivity index (χ4n) is 2.18. The Morgan fingerprint density at radius 2 is 2.28 bits per heavy atom. The molecule has 8 nitrogen and oxygen atoms in total. The Hall–Kier alpha value is -2.42. The number of thiophene rings is 1. The van der Waals surface area contributed by atoms with Crippen molar-refractivity contribution in [2.24, 2.45) is 0 Å². The van der Waals surface area contributed by atoms with E-state index >= 15 is 0 Å². The Bertz CT molecular complexity index is 750. The van der Waals surface area contributed by atoms with Crippen LogP contribution in [0.3, 0.4) is 0 Å². The van der Waals surface area contributed by atoms with Crippen molar-refractivity contribution in [2.75, 3.05) is 6.61 Å². The first kappa shape index (κ1) is 18.9. The van der Waals surface area contributed by atoms with Gasteiger partial charge in [-0.1, -0.05) is 19.4 Å². The maximum atomic E-state index is 11.7. The van der Waals surface area contributed by atoms with Crippen molar-refractivity contribution in [3.05, 3.63) is 28.1 Å². The normalized spacial score (nSPS) is 11.9. The van der Waals surface area contributed by atoms with E-state index in [1.165, 1.54) is 11.3 Å². The molecule has 0 aromatic carbocycles. The second kappa shape index (κ2) is 9.16. The number of hydrogen-bond donors (Lipinski definition) is 1. The van der Waals surface area contributed by atoms with E-state index < -0.39 is 11.7 Å². The molecule has 0 bridgehead atoms. The number of nitrogens with zero attached hydrogens (tertiary/aromatic N) is 2. The molecule has 0 aliphatic heterocycles. The smallest absolute Gasteiger partial charge is 0.437 e. The molecule has 2 heterocycles. The Labute approximate surface area is 148 Å². The van der Waals surface area contributed by atoms with E-state index in [0.717, 1.165) is 22.4 Å². The van der Waals surface area contributed by atoms with Crippen LogP contribution in [0.25, 0.3) is 10.8 Å². The molecule has 1 amide bonds. The van der Waals surface area contributed by atoms with Gasteiger partial charge < -0.3 is 14.5 Å². The molecule has 136 valence electrons. The molecule has 0 spiro atoms. The number of ether oxygens (including phenoxy) is 1. The van der Waals surface area contributed by atoms with Crippen LogP contribution in [0.15, 0.2) is 26.7 Å². The van der Waals surface area contributed by atoms with Crippen molar-refractivity contribution in [3.8, 4) is 10.8 Å². The van der Waals surface area contributed by atoms with Crippen LogP contribution >= 0.6 is 11.3 Å². The third-order valence-corrected chi connectivity index (χ3v) is 4.22. The second-order valence-corrected chi connectivity index (χ2v) is 6.49. The van der Waals surface area contributed by atoms with Crippen LogP contribution in [-0.4, -0.2) is 34.3 Å². The van der Waals surface area contributed by atoms with E-state index in [4.69, 9.17) is 9.15 Å². The van der Waals surface area contributed by atoms with E-state index in [1.807, 2.05) is 25.3 Å². The summed E-state index contributed by atoms with van der Waals surface area (Å²) in [5.41, 5.74) is 0. The van der Waals surface area contributed by atoms with Crippen LogP contribution in [0.5, 0.6) is 0 Å². The summed E-state index contributed by atoms with van der Waals surface area (Å²) in [7, 11) is 0. The van der Waals surface area contributed by atoms with Gasteiger partial charge in [0.2, 0.25) is 0 Å². The molecule has 1 unspecified atom stereocenters. The highest BCUT2D eigenvalue weighted by atomic mass is 32.1. The summed E-state index contributed by atoms with van der Waals surface area (Å²) < 4.78 is 11.0. The average molecular weight is 367 g/mol. The first-order chi connectivity index (χ1) is 12.0. The number of carbonyl (C=O) groups is 2. The number of esters is 1. The van der Waals surface area contributed by atoms with Gasteiger partial charge >= 0.3 is 11.7 Å². The van der Waals surface area contributed by atoms with Crippen LogP contribution in [-0.2, 0) is 20.9 Å². The lowest BCUT2D eigenvalue weighted by molar-refractivity contribution is -0.149. The molecule has 2 aromatic rings. The molecule has 0 aliphatic rings. The predicted octanol–water partition coefficient (Wildman–Crippen LogP) is 1.80. The summed E-state index contributed by atoms with van der Waals surface area (Å²) in [6.07, 6.45) is 1.75. The fraction of sp³-hybridized carbons (Fsp3) is 0.500. The summed E-state index contributed by atoms with van der Waals surface area (Å²) in [5.74, 6) is -1.33. The minimum atomic E-state index is -0.637. The van der Waals surface area contributed by atoms with Gasteiger partial charge in [0.05, 0.1) is 17.8 Å². The molecule has 0 saturated carbocycles. The number of aromatic nitrogens is 2. The molecule has 0 saturated heterocycles. The van der Waals surface area contributed by atoms with Crippen LogP contribution in [0, 0.1) is 0 Å². The molecule has 2 aromatic heterocycles. The lowest BCUT2D eigenvalue weighted by atomic mass is 10.2. The van der Waals surface area contributed by atoms with E-state index in [9.17, 15) is 14.4 Å². The van der Waals surface area contributed by atoms with E-state index in [2.05, 4.69) is 10.4 Å². The van der Waals surface area contributed by atoms with Crippen molar-refractivity contribution in [3.63, 3.8) is 0 Å². The van der Waals surface area contributed by atoms with Crippen LogP contribution in [0.1, 0.15) is 33.1 Å². The van der Waals surface area contributed by atoms with Crippen molar-refractivity contribution in [2.45, 2.75) is 45.7 Å². The van der Waals surface area contributed by atoms with Crippen LogP contribution < -0.4 is 11.1 Å². The van der Waals surface area contributed by atoms with Crippen molar-refractivity contribution < 1.29 is 18.7 Å². The van der Waals surface area contributed by atoms with Gasteiger partial charge in [0.15, 0.2) is 6.61 Å². The molecule has 1 N–H and O–H groups in total. The van der Waals surface area contributed by atoms with Gasteiger partial charge in [0.25, 0.3) is 11.8 Å². The quantitative estimate of drug-likeness (QED) is 0.678. The summed E-state index contributed by atoms with van der Waals surface area (Å²) in [6.45, 7) is 3.62. The largest absolute Gasteiger partial charge is 0.456 e.